The third kappa shape index (κ3) is 5.10. The second-order valence-corrected chi connectivity index (χ2v) is 8.48. The third-order valence-electron chi connectivity index (χ3n) is 6.38. The molecule has 176 valence electrons. The molecule has 1 aliphatic rings. The van der Waals surface area contributed by atoms with E-state index in [2.05, 4.69) is 34.5 Å². The highest BCUT2D eigenvalue weighted by Crippen LogP contribution is 2.29. The fraction of sp³-hybridized carbons (Fsp3) is 0.296. The van der Waals surface area contributed by atoms with Crippen LogP contribution in [0.3, 0.4) is 0 Å². The summed E-state index contributed by atoms with van der Waals surface area (Å²) in [4.78, 5) is 19.6. The Labute approximate surface area is 200 Å². The van der Waals surface area contributed by atoms with E-state index in [4.69, 9.17) is 10.1 Å². The van der Waals surface area contributed by atoms with Crippen LogP contribution in [0.5, 0.6) is 11.5 Å². The molecule has 1 saturated heterocycles. The molecule has 0 unspecified atom stereocenters. The maximum absolute atomic E-state index is 12.8. The summed E-state index contributed by atoms with van der Waals surface area (Å²) in [5, 5.41) is 13.7. The molecular formula is C27H31N5O2. The SMILES string of the molecule is CCc1cc(-c2cc(Oc3ccc(C=N)c(NC)c3)ccn2)ccc1C(=O)NC[C@@H]1CCN1C. The lowest BCUT2D eigenvalue weighted by atomic mass is 9.99. The second-order valence-electron chi connectivity index (χ2n) is 8.48. The number of nitrogens with zero attached hydrogens (tertiary/aromatic N) is 2. The number of benzene rings is 2. The van der Waals surface area contributed by atoms with Gasteiger partial charge < -0.3 is 25.7 Å². The highest BCUT2D eigenvalue weighted by Gasteiger charge is 2.24. The zero-order chi connectivity index (χ0) is 24.1. The van der Waals surface area contributed by atoms with Gasteiger partial charge in [-0.05, 0) is 62.3 Å². The van der Waals surface area contributed by atoms with Gasteiger partial charge in [0.1, 0.15) is 11.5 Å². The molecule has 1 aromatic heterocycles. The highest BCUT2D eigenvalue weighted by atomic mass is 16.5. The smallest absolute Gasteiger partial charge is 0.251 e. The number of hydrogen-bond acceptors (Lipinski definition) is 6. The van der Waals surface area contributed by atoms with Crippen molar-refractivity contribution in [3.8, 4) is 22.8 Å². The Hall–Kier alpha value is -3.71. The molecule has 3 aromatic rings. The first-order valence-electron chi connectivity index (χ1n) is 11.6. The summed E-state index contributed by atoms with van der Waals surface area (Å²) in [6, 6.07) is 15.6. The van der Waals surface area contributed by atoms with Gasteiger partial charge in [0.2, 0.25) is 0 Å². The Morgan fingerprint density at radius 2 is 2.03 bits per heavy atom. The van der Waals surface area contributed by atoms with Crippen molar-refractivity contribution < 1.29 is 9.53 Å². The average molecular weight is 458 g/mol. The first-order chi connectivity index (χ1) is 16.5. The fourth-order valence-corrected chi connectivity index (χ4v) is 4.11. The first kappa shape index (κ1) is 23.4. The minimum absolute atomic E-state index is 0.0255. The Bertz CT molecular complexity index is 1190. The van der Waals surface area contributed by atoms with Gasteiger partial charge in [-0.2, -0.15) is 0 Å². The average Bonchev–Trinajstić information content (AvgIpc) is 2.87. The van der Waals surface area contributed by atoms with Gasteiger partial charge in [0.25, 0.3) is 5.91 Å². The summed E-state index contributed by atoms with van der Waals surface area (Å²) in [6.07, 6.45) is 4.91. The van der Waals surface area contributed by atoms with E-state index in [1.165, 1.54) is 6.21 Å². The lowest BCUT2D eigenvalue weighted by Gasteiger charge is -2.37. The maximum Gasteiger partial charge on any atom is 0.251 e. The number of carbonyl (C=O) groups is 1. The van der Waals surface area contributed by atoms with E-state index >= 15 is 0 Å². The molecule has 3 N–H and O–H groups in total. The van der Waals surface area contributed by atoms with E-state index in [0.29, 0.717) is 29.6 Å². The molecule has 0 radical (unpaired) electrons. The van der Waals surface area contributed by atoms with E-state index < -0.39 is 0 Å². The van der Waals surface area contributed by atoms with Gasteiger partial charge in [-0.3, -0.25) is 9.78 Å². The van der Waals surface area contributed by atoms with Crippen LogP contribution in [0.4, 0.5) is 5.69 Å². The number of aryl methyl sites for hydroxylation is 1. The zero-order valence-electron chi connectivity index (χ0n) is 19.9. The van der Waals surface area contributed by atoms with Crippen LogP contribution >= 0.6 is 0 Å². The molecule has 7 heteroatoms. The molecular weight excluding hydrogens is 426 g/mol. The van der Waals surface area contributed by atoms with Crippen molar-refractivity contribution in [2.24, 2.45) is 0 Å². The predicted octanol–water partition coefficient (Wildman–Crippen LogP) is 4.58. The zero-order valence-corrected chi connectivity index (χ0v) is 19.9. The maximum atomic E-state index is 12.8. The van der Waals surface area contributed by atoms with Gasteiger partial charge in [-0.1, -0.05) is 13.0 Å². The standard InChI is InChI=1S/C27H31N5O2/c1-4-18-13-19(6-8-24(18)27(33)31-17-21-10-12-32(21)3)26-15-23(9-11-30-26)34-22-7-5-20(16-28)25(14-22)29-2/h5-9,11,13-16,21,28-29H,4,10,12,17H2,1-3H3,(H,31,33)/t21-/m0/s1. The molecule has 0 bridgehead atoms. The van der Waals surface area contributed by atoms with E-state index in [9.17, 15) is 4.79 Å². The molecule has 34 heavy (non-hydrogen) atoms. The van der Waals surface area contributed by atoms with Crippen LogP contribution in [0.1, 0.15) is 34.8 Å². The van der Waals surface area contributed by atoms with Gasteiger partial charge in [0, 0.05) is 66.6 Å². The molecule has 1 atom stereocenters. The van der Waals surface area contributed by atoms with Crippen LogP contribution in [0.2, 0.25) is 0 Å². The second kappa shape index (κ2) is 10.5. The quantitative estimate of drug-likeness (QED) is 0.409. The number of hydrogen-bond donors (Lipinski definition) is 3. The molecule has 0 spiro atoms. The number of likely N-dealkylation sites (tertiary alicyclic amines) is 1. The number of ether oxygens (including phenoxy) is 1. The molecule has 4 rings (SSSR count). The summed E-state index contributed by atoms with van der Waals surface area (Å²) in [6.45, 7) is 3.83. The number of aromatic nitrogens is 1. The summed E-state index contributed by atoms with van der Waals surface area (Å²) in [5.74, 6) is 1.31. The number of carbonyl (C=O) groups excluding carboxylic acids is 1. The summed E-state index contributed by atoms with van der Waals surface area (Å²) in [5.41, 5.74) is 5.04. The normalized spacial score (nSPS) is 15.3. The molecule has 0 aliphatic carbocycles. The third-order valence-corrected chi connectivity index (χ3v) is 6.38. The molecule has 7 nitrogen and oxygen atoms in total. The molecule has 2 heterocycles. The van der Waals surface area contributed by atoms with E-state index in [-0.39, 0.29) is 5.91 Å². The Morgan fingerprint density at radius 3 is 2.71 bits per heavy atom. The fourth-order valence-electron chi connectivity index (χ4n) is 4.11. The molecule has 1 amide bonds. The van der Waals surface area contributed by atoms with Crippen LogP contribution in [0.15, 0.2) is 54.7 Å². The van der Waals surface area contributed by atoms with E-state index in [1.54, 1.807) is 6.20 Å². The Kier molecular flexibility index (Phi) is 7.23. The monoisotopic (exact) mass is 457 g/mol. The van der Waals surface area contributed by atoms with Crippen LogP contribution in [0, 0.1) is 5.41 Å². The largest absolute Gasteiger partial charge is 0.457 e. The summed E-state index contributed by atoms with van der Waals surface area (Å²) < 4.78 is 6.06. The number of pyridine rings is 1. The van der Waals surface area contributed by atoms with Crippen molar-refractivity contribution in [3.05, 3.63) is 71.4 Å². The van der Waals surface area contributed by atoms with Gasteiger partial charge >= 0.3 is 0 Å². The van der Waals surface area contributed by atoms with Crippen LogP contribution in [0.25, 0.3) is 11.3 Å². The minimum Gasteiger partial charge on any atom is -0.457 e. The van der Waals surface area contributed by atoms with Crippen molar-refractivity contribution in [1.82, 2.24) is 15.2 Å². The van der Waals surface area contributed by atoms with Crippen molar-refractivity contribution in [1.29, 1.82) is 5.41 Å². The van der Waals surface area contributed by atoms with Crippen LogP contribution in [-0.4, -0.2) is 55.2 Å². The lowest BCUT2D eigenvalue weighted by Crippen LogP contribution is -2.51. The van der Waals surface area contributed by atoms with Crippen molar-refractivity contribution in [2.75, 3.05) is 32.5 Å². The van der Waals surface area contributed by atoms with Gasteiger partial charge in [-0.25, -0.2) is 0 Å². The lowest BCUT2D eigenvalue weighted by molar-refractivity contribution is 0.0883. The van der Waals surface area contributed by atoms with Gasteiger partial charge in [0.05, 0.1) is 5.69 Å². The molecule has 0 saturated carbocycles. The number of nitrogens with one attached hydrogen (secondary N) is 3. The summed E-state index contributed by atoms with van der Waals surface area (Å²) >= 11 is 0. The molecule has 1 aliphatic heterocycles. The minimum atomic E-state index is -0.0255. The molecule has 1 fully saturated rings. The Balaban J connectivity index is 1.51. The number of likely N-dealkylation sites (N-methyl/N-ethyl adjacent to an activating group) is 1. The van der Waals surface area contributed by atoms with Crippen LogP contribution < -0.4 is 15.4 Å². The molecule has 2 aromatic carbocycles. The highest BCUT2D eigenvalue weighted by molar-refractivity contribution is 5.96. The van der Waals surface area contributed by atoms with E-state index in [1.807, 2.05) is 55.6 Å². The topological polar surface area (TPSA) is 90.3 Å². The first-order valence-corrected chi connectivity index (χ1v) is 11.6. The Morgan fingerprint density at radius 1 is 1.21 bits per heavy atom. The number of rotatable bonds is 9. The number of anilines is 1. The van der Waals surface area contributed by atoms with Crippen LogP contribution in [-0.2, 0) is 6.42 Å². The van der Waals surface area contributed by atoms with Crippen molar-refractivity contribution >= 4 is 17.8 Å². The predicted molar refractivity (Wildman–Crippen MR) is 136 cm³/mol. The summed E-state index contributed by atoms with van der Waals surface area (Å²) in [7, 11) is 3.90. The van der Waals surface area contributed by atoms with E-state index in [0.717, 1.165) is 47.5 Å². The number of amides is 1. The van der Waals surface area contributed by atoms with Crippen molar-refractivity contribution in [3.63, 3.8) is 0 Å². The van der Waals surface area contributed by atoms with Gasteiger partial charge in [-0.15, -0.1) is 0 Å². The van der Waals surface area contributed by atoms with Gasteiger partial charge in [0.15, 0.2) is 0 Å². The van der Waals surface area contributed by atoms with Crippen molar-refractivity contribution in [2.45, 2.75) is 25.8 Å².